The first kappa shape index (κ1) is 19.0. The van der Waals surface area contributed by atoms with Gasteiger partial charge in [0.1, 0.15) is 4.88 Å². The van der Waals surface area contributed by atoms with E-state index in [1.807, 2.05) is 24.0 Å². The Labute approximate surface area is 179 Å². The quantitative estimate of drug-likeness (QED) is 0.672. The molecule has 0 bridgehead atoms. The fourth-order valence-corrected chi connectivity index (χ4v) is 5.72. The van der Waals surface area contributed by atoms with Crippen LogP contribution in [0.5, 0.6) is 0 Å². The first-order chi connectivity index (χ1) is 14.5. The zero-order chi connectivity index (χ0) is 20.9. The van der Waals surface area contributed by atoms with Gasteiger partial charge in [-0.15, -0.1) is 11.3 Å². The summed E-state index contributed by atoms with van der Waals surface area (Å²) >= 11 is 1.41. The molecule has 5 nitrogen and oxygen atoms in total. The van der Waals surface area contributed by atoms with E-state index < -0.39 is 5.91 Å². The standard InChI is InChI=1S/C24H23N3O2S/c1-15-21(30-14-26-15)23(29)27-13-24(10-2-3-11-24)19-12-18(8-9-20(19)27)16-4-6-17(7-5-16)22(25)28/h4-9,12,14H,2-3,10-11,13H2,1H3,(H2,25,28). The van der Waals surface area contributed by atoms with E-state index in [0.717, 1.165) is 46.8 Å². The summed E-state index contributed by atoms with van der Waals surface area (Å²) in [4.78, 5) is 31.7. The Morgan fingerprint density at radius 1 is 1.07 bits per heavy atom. The number of aromatic nitrogens is 1. The van der Waals surface area contributed by atoms with Crippen molar-refractivity contribution in [1.29, 1.82) is 0 Å². The lowest BCUT2D eigenvalue weighted by atomic mass is 9.80. The predicted molar refractivity (Wildman–Crippen MR) is 119 cm³/mol. The average Bonchev–Trinajstić information content (AvgIpc) is 3.48. The van der Waals surface area contributed by atoms with Crippen molar-refractivity contribution in [2.75, 3.05) is 11.4 Å². The summed E-state index contributed by atoms with van der Waals surface area (Å²) in [6.45, 7) is 2.63. The SMILES string of the molecule is Cc1ncsc1C(=O)N1CC2(CCCC2)c2cc(-c3ccc(C(N)=O)cc3)ccc21. The number of hydrogen-bond acceptors (Lipinski definition) is 4. The Hall–Kier alpha value is -2.99. The topological polar surface area (TPSA) is 76.3 Å². The van der Waals surface area contributed by atoms with Gasteiger partial charge in [0.2, 0.25) is 5.91 Å². The fraction of sp³-hybridized carbons (Fsp3) is 0.292. The van der Waals surface area contributed by atoms with Crippen LogP contribution in [0.4, 0.5) is 5.69 Å². The van der Waals surface area contributed by atoms with E-state index in [-0.39, 0.29) is 11.3 Å². The minimum absolute atomic E-state index is 0.0345. The van der Waals surface area contributed by atoms with Crippen LogP contribution in [0.1, 0.15) is 57.0 Å². The van der Waals surface area contributed by atoms with Gasteiger partial charge < -0.3 is 10.6 Å². The van der Waals surface area contributed by atoms with Crippen molar-refractivity contribution >= 4 is 28.8 Å². The van der Waals surface area contributed by atoms with E-state index in [9.17, 15) is 9.59 Å². The van der Waals surface area contributed by atoms with Crippen LogP contribution in [0.25, 0.3) is 11.1 Å². The minimum atomic E-state index is -0.423. The highest BCUT2D eigenvalue weighted by molar-refractivity contribution is 7.12. The maximum absolute atomic E-state index is 13.3. The second-order valence-electron chi connectivity index (χ2n) is 8.32. The number of amides is 2. The molecule has 1 aliphatic heterocycles. The third-order valence-corrected chi connectivity index (χ3v) is 7.48. The average molecular weight is 418 g/mol. The first-order valence-electron chi connectivity index (χ1n) is 10.3. The third kappa shape index (κ3) is 2.94. The number of benzene rings is 2. The van der Waals surface area contributed by atoms with Gasteiger partial charge in [-0.05, 0) is 60.7 Å². The number of aryl methyl sites for hydroxylation is 1. The summed E-state index contributed by atoms with van der Waals surface area (Å²) in [6.07, 6.45) is 4.60. The molecule has 0 atom stereocenters. The van der Waals surface area contributed by atoms with E-state index in [1.54, 1.807) is 17.6 Å². The monoisotopic (exact) mass is 417 g/mol. The summed E-state index contributed by atoms with van der Waals surface area (Å²) < 4.78 is 0. The molecule has 2 aromatic carbocycles. The number of fused-ring (bicyclic) bond motifs is 2. The van der Waals surface area contributed by atoms with Crippen LogP contribution in [0.3, 0.4) is 0 Å². The molecule has 2 heterocycles. The Morgan fingerprint density at radius 2 is 1.77 bits per heavy atom. The van der Waals surface area contributed by atoms with Crippen LogP contribution in [0.2, 0.25) is 0 Å². The molecule has 0 unspecified atom stereocenters. The van der Waals surface area contributed by atoms with Crippen LogP contribution in [0, 0.1) is 6.92 Å². The Balaban J connectivity index is 1.57. The molecule has 1 aliphatic carbocycles. The number of rotatable bonds is 3. The molecular weight excluding hydrogens is 394 g/mol. The molecule has 2 aliphatic rings. The van der Waals surface area contributed by atoms with Gasteiger partial charge in [-0.25, -0.2) is 4.98 Å². The number of hydrogen-bond donors (Lipinski definition) is 1. The van der Waals surface area contributed by atoms with Crippen LogP contribution < -0.4 is 10.6 Å². The summed E-state index contributed by atoms with van der Waals surface area (Å²) in [7, 11) is 0. The van der Waals surface area contributed by atoms with Crippen molar-refractivity contribution in [2.45, 2.75) is 38.0 Å². The summed E-state index contributed by atoms with van der Waals surface area (Å²) in [5, 5.41) is 0. The van der Waals surface area contributed by atoms with Gasteiger partial charge in [-0.1, -0.05) is 31.0 Å². The van der Waals surface area contributed by atoms with Crippen molar-refractivity contribution in [3.05, 3.63) is 69.7 Å². The van der Waals surface area contributed by atoms with E-state index >= 15 is 0 Å². The van der Waals surface area contributed by atoms with Gasteiger partial charge >= 0.3 is 0 Å². The third-order valence-electron chi connectivity index (χ3n) is 6.57. The molecule has 1 spiro atoms. The number of nitrogens with zero attached hydrogens (tertiary/aromatic N) is 2. The smallest absolute Gasteiger partial charge is 0.270 e. The molecular formula is C24H23N3O2S. The molecule has 2 N–H and O–H groups in total. The number of thiazole rings is 1. The zero-order valence-corrected chi connectivity index (χ0v) is 17.7. The van der Waals surface area contributed by atoms with Gasteiger partial charge in [0.15, 0.2) is 0 Å². The number of carbonyl (C=O) groups excluding carboxylic acids is 2. The van der Waals surface area contributed by atoms with Gasteiger partial charge in [-0.2, -0.15) is 0 Å². The van der Waals surface area contributed by atoms with Crippen molar-refractivity contribution in [3.8, 4) is 11.1 Å². The van der Waals surface area contributed by atoms with Gasteiger partial charge in [0.25, 0.3) is 5.91 Å². The van der Waals surface area contributed by atoms with E-state index in [1.165, 1.54) is 29.7 Å². The lowest BCUT2D eigenvalue weighted by molar-refractivity contribution is 0.0984. The molecule has 3 aromatic rings. The maximum Gasteiger partial charge on any atom is 0.270 e. The van der Waals surface area contributed by atoms with Crippen LogP contribution in [-0.2, 0) is 5.41 Å². The van der Waals surface area contributed by atoms with Crippen LogP contribution in [0.15, 0.2) is 48.0 Å². The van der Waals surface area contributed by atoms with Crippen molar-refractivity contribution in [3.63, 3.8) is 0 Å². The first-order valence-corrected chi connectivity index (χ1v) is 11.1. The number of carbonyl (C=O) groups is 2. The van der Waals surface area contributed by atoms with Crippen LogP contribution in [-0.4, -0.2) is 23.3 Å². The van der Waals surface area contributed by atoms with E-state index in [4.69, 9.17) is 5.73 Å². The van der Waals surface area contributed by atoms with Gasteiger partial charge in [0, 0.05) is 23.2 Å². The second kappa shape index (κ2) is 7.06. The predicted octanol–water partition coefficient (Wildman–Crippen LogP) is 4.69. The summed E-state index contributed by atoms with van der Waals surface area (Å²) in [5.41, 5.74) is 12.9. The van der Waals surface area contributed by atoms with Crippen molar-refractivity contribution in [1.82, 2.24) is 4.98 Å². The number of anilines is 1. The molecule has 1 saturated carbocycles. The molecule has 5 rings (SSSR count). The van der Waals surface area contributed by atoms with E-state index in [0.29, 0.717) is 5.56 Å². The zero-order valence-electron chi connectivity index (χ0n) is 16.9. The Morgan fingerprint density at radius 3 is 2.40 bits per heavy atom. The summed E-state index contributed by atoms with van der Waals surface area (Å²) in [6, 6.07) is 13.8. The fourth-order valence-electron chi connectivity index (χ4n) is 4.97. The molecule has 2 amide bonds. The summed E-state index contributed by atoms with van der Waals surface area (Å²) in [5.74, 6) is -0.369. The molecule has 30 heavy (non-hydrogen) atoms. The van der Waals surface area contributed by atoms with E-state index in [2.05, 4.69) is 23.2 Å². The highest BCUT2D eigenvalue weighted by Crippen LogP contribution is 2.51. The molecule has 6 heteroatoms. The number of nitrogens with two attached hydrogens (primary N) is 1. The Bertz CT molecular complexity index is 1140. The number of primary amides is 1. The largest absolute Gasteiger partial charge is 0.366 e. The van der Waals surface area contributed by atoms with Gasteiger partial charge in [0.05, 0.1) is 11.2 Å². The van der Waals surface area contributed by atoms with Gasteiger partial charge in [-0.3, -0.25) is 9.59 Å². The normalized spacial score (nSPS) is 16.8. The van der Waals surface area contributed by atoms with Crippen molar-refractivity contribution in [2.24, 2.45) is 5.73 Å². The Kier molecular flexibility index (Phi) is 4.47. The lowest BCUT2D eigenvalue weighted by Gasteiger charge is -2.24. The maximum atomic E-state index is 13.3. The molecule has 0 saturated heterocycles. The second-order valence-corrected chi connectivity index (χ2v) is 9.17. The highest BCUT2D eigenvalue weighted by atomic mass is 32.1. The molecule has 1 aromatic heterocycles. The van der Waals surface area contributed by atoms with Crippen molar-refractivity contribution < 1.29 is 9.59 Å². The molecule has 0 radical (unpaired) electrons. The van der Waals surface area contributed by atoms with Crippen LogP contribution >= 0.6 is 11.3 Å². The molecule has 1 fully saturated rings. The molecule has 152 valence electrons. The minimum Gasteiger partial charge on any atom is -0.366 e. The highest BCUT2D eigenvalue weighted by Gasteiger charge is 2.46. The lowest BCUT2D eigenvalue weighted by Crippen LogP contribution is -2.35.